The van der Waals surface area contributed by atoms with Crippen LogP contribution < -0.4 is 14.2 Å². The van der Waals surface area contributed by atoms with Gasteiger partial charge in [0.2, 0.25) is 0 Å². The van der Waals surface area contributed by atoms with Gasteiger partial charge in [0.1, 0.15) is 24.7 Å². The fourth-order valence-electron chi connectivity index (χ4n) is 3.03. The highest BCUT2D eigenvalue weighted by Gasteiger charge is 2.36. The Morgan fingerprint density at radius 2 is 1.50 bits per heavy atom. The first-order valence-electron chi connectivity index (χ1n) is 9.91. The van der Waals surface area contributed by atoms with Crippen molar-refractivity contribution < 1.29 is 41.0 Å². The highest BCUT2D eigenvalue weighted by molar-refractivity contribution is 7.92. The maximum absolute atomic E-state index is 13.2. The lowest BCUT2D eigenvalue weighted by molar-refractivity contribution is -0.140. The number of benzene rings is 3. The minimum absolute atomic E-state index is 0.0585. The monoisotopic (exact) mass is 495 g/mol. The molecule has 0 aromatic heterocycles. The Morgan fingerprint density at radius 1 is 0.882 bits per heavy atom. The van der Waals surface area contributed by atoms with E-state index >= 15 is 0 Å². The molecule has 3 rings (SSSR count). The maximum Gasteiger partial charge on any atom is 0.417 e. The van der Waals surface area contributed by atoms with Gasteiger partial charge in [0.25, 0.3) is 10.0 Å². The number of rotatable bonds is 10. The van der Waals surface area contributed by atoms with E-state index in [0.29, 0.717) is 23.1 Å². The summed E-state index contributed by atoms with van der Waals surface area (Å²) in [5.74, 6) is -0.177. The zero-order valence-electron chi connectivity index (χ0n) is 17.6. The number of carbonyl (C=O) groups is 1. The molecule has 0 aliphatic carbocycles. The number of sulfonamides is 1. The lowest BCUT2D eigenvalue weighted by atomic mass is 10.1. The normalized spacial score (nSPS) is 11.6. The van der Waals surface area contributed by atoms with Crippen LogP contribution in [0.15, 0.2) is 77.7 Å². The van der Waals surface area contributed by atoms with Crippen LogP contribution >= 0.6 is 0 Å². The number of aliphatic carboxylic acids is 1. The van der Waals surface area contributed by atoms with Crippen molar-refractivity contribution in [3.8, 4) is 11.5 Å². The summed E-state index contributed by atoms with van der Waals surface area (Å²) in [6, 6.07) is 16.2. The number of nitrogens with one attached hydrogen (secondary N) is 1. The summed E-state index contributed by atoms with van der Waals surface area (Å²) < 4.78 is 77.7. The maximum atomic E-state index is 13.2. The van der Waals surface area contributed by atoms with E-state index in [-0.39, 0.29) is 25.3 Å². The zero-order chi connectivity index (χ0) is 24.8. The van der Waals surface area contributed by atoms with Gasteiger partial charge in [-0.1, -0.05) is 30.3 Å². The Bertz CT molecular complexity index is 1240. The number of alkyl halides is 3. The molecule has 11 heteroatoms. The number of anilines is 1. The molecule has 0 radical (unpaired) electrons. The third-order valence-electron chi connectivity index (χ3n) is 4.51. The van der Waals surface area contributed by atoms with Crippen LogP contribution in [0.1, 0.15) is 11.1 Å². The van der Waals surface area contributed by atoms with Crippen molar-refractivity contribution in [1.29, 1.82) is 0 Å². The molecule has 0 fully saturated rings. The molecule has 0 aliphatic heterocycles. The summed E-state index contributed by atoms with van der Waals surface area (Å²) in [7, 11) is -4.48. The standard InChI is InChI=1S/C23H20F3NO6S/c24-23(25,26)19-6-2-4-8-21(19)34(30,31)27-17-9-11-18(12-10-17)32-13-14-33-20-7-3-1-5-16(20)15-22(28)29/h1-12,27H,13-15H2,(H,28,29). The van der Waals surface area contributed by atoms with Crippen LogP contribution in [-0.2, 0) is 27.4 Å². The molecule has 0 saturated heterocycles. The second-order valence-electron chi connectivity index (χ2n) is 7.00. The van der Waals surface area contributed by atoms with Gasteiger partial charge in [-0.2, -0.15) is 13.2 Å². The molecule has 0 amide bonds. The molecule has 3 aromatic carbocycles. The van der Waals surface area contributed by atoms with Crippen LogP contribution in [0.4, 0.5) is 18.9 Å². The number of hydrogen-bond acceptors (Lipinski definition) is 5. The Labute approximate surface area is 193 Å². The summed E-state index contributed by atoms with van der Waals surface area (Å²) in [6.07, 6.45) is -5.00. The van der Waals surface area contributed by atoms with Crippen LogP contribution in [0.3, 0.4) is 0 Å². The van der Waals surface area contributed by atoms with Gasteiger partial charge in [-0.3, -0.25) is 9.52 Å². The van der Waals surface area contributed by atoms with E-state index < -0.39 is 32.6 Å². The number of hydrogen-bond donors (Lipinski definition) is 2. The predicted molar refractivity (Wildman–Crippen MR) is 117 cm³/mol. The second kappa shape index (κ2) is 10.5. The predicted octanol–water partition coefficient (Wildman–Crippen LogP) is 4.59. The molecule has 0 aliphatic rings. The smallest absolute Gasteiger partial charge is 0.417 e. The lowest BCUT2D eigenvalue weighted by Crippen LogP contribution is -2.18. The average Bonchev–Trinajstić information content (AvgIpc) is 2.78. The summed E-state index contributed by atoms with van der Waals surface area (Å²) in [4.78, 5) is 10.0. The molecule has 3 aromatic rings. The molecule has 2 N–H and O–H groups in total. The Kier molecular flexibility index (Phi) is 7.67. The molecular formula is C23H20F3NO6S. The number of para-hydroxylation sites is 1. The topological polar surface area (TPSA) is 102 Å². The SMILES string of the molecule is O=C(O)Cc1ccccc1OCCOc1ccc(NS(=O)(=O)c2ccccc2C(F)(F)F)cc1. The van der Waals surface area contributed by atoms with Gasteiger partial charge < -0.3 is 14.6 Å². The van der Waals surface area contributed by atoms with Gasteiger partial charge in [0.15, 0.2) is 0 Å². The number of carboxylic acid groups (broad SMARTS) is 1. The van der Waals surface area contributed by atoms with Crippen molar-refractivity contribution in [2.75, 3.05) is 17.9 Å². The highest BCUT2D eigenvalue weighted by atomic mass is 32.2. The van der Waals surface area contributed by atoms with E-state index in [0.717, 1.165) is 12.1 Å². The third-order valence-corrected chi connectivity index (χ3v) is 5.95. The largest absolute Gasteiger partial charge is 0.490 e. The Hall–Kier alpha value is -3.73. The molecule has 0 heterocycles. The van der Waals surface area contributed by atoms with E-state index in [1.165, 1.54) is 30.3 Å². The van der Waals surface area contributed by atoms with Crippen LogP contribution in [0.5, 0.6) is 11.5 Å². The molecular weight excluding hydrogens is 475 g/mol. The van der Waals surface area contributed by atoms with E-state index in [1.807, 2.05) is 0 Å². The Balaban J connectivity index is 1.58. The van der Waals surface area contributed by atoms with Gasteiger partial charge >= 0.3 is 12.1 Å². The van der Waals surface area contributed by atoms with Crippen molar-refractivity contribution >= 4 is 21.7 Å². The molecule has 0 atom stereocenters. The average molecular weight is 495 g/mol. The first-order chi connectivity index (χ1) is 16.1. The molecule has 0 saturated carbocycles. The zero-order valence-corrected chi connectivity index (χ0v) is 18.4. The van der Waals surface area contributed by atoms with Gasteiger partial charge in [0, 0.05) is 11.3 Å². The fraction of sp³-hybridized carbons (Fsp3) is 0.174. The molecule has 0 spiro atoms. The van der Waals surface area contributed by atoms with Crippen molar-refractivity contribution in [1.82, 2.24) is 0 Å². The molecule has 180 valence electrons. The number of ether oxygens (including phenoxy) is 2. The van der Waals surface area contributed by atoms with Gasteiger partial charge in [-0.15, -0.1) is 0 Å². The first-order valence-corrected chi connectivity index (χ1v) is 11.4. The van der Waals surface area contributed by atoms with Gasteiger partial charge in [-0.05, 0) is 42.5 Å². The van der Waals surface area contributed by atoms with Gasteiger partial charge in [0.05, 0.1) is 16.9 Å². The fourth-order valence-corrected chi connectivity index (χ4v) is 4.32. The molecule has 0 unspecified atom stereocenters. The third kappa shape index (κ3) is 6.64. The van der Waals surface area contributed by atoms with Crippen molar-refractivity contribution in [2.45, 2.75) is 17.5 Å². The molecule has 34 heavy (non-hydrogen) atoms. The minimum Gasteiger partial charge on any atom is -0.490 e. The number of carboxylic acids is 1. The quantitative estimate of drug-likeness (QED) is 0.399. The van der Waals surface area contributed by atoms with E-state index in [9.17, 15) is 26.4 Å². The van der Waals surface area contributed by atoms with Crippen LogP contribution in [0.25, 0.3) is 0 Å². The second-order valence-corrected chi connectivity index (χ2v) is 8.65. The molecule has 0 bridgehead atoms. The molecule has 7 nitrogen and oxygen atoms in total. The van der Waals surface area contributed by atoms with Crippen LogP contribution in [-0.4, -0.2) is 32.7 Å². The lowest BCUT2D eigenvalue weighted by Gasteiger charge is -2.14. The Morgan fingerprint density at radius 3 is 2.18 bits per heavy atom. The number of halogens is 3. The van der Waals surface area contributed by atoms with E-state index in [4.69, 9.17) is 14.6 Å². The van der Waals surface area contributed by atoms with Crippen molar-refractivity contribution in [3.63, 3.8) is 0 Å². The summed E-state index contributed by atoms with van der Waals surface area (Å²) in [5, 5.41) is 8.95. The van der Waals surface area contributed by atoms with Crippen molar-refractivity contribution in [3.05, 3.63) is 83.9 Å². The van der Waals surface area contributed by atoms with Crippen molar-refractivity contribution in [2.24, 2.45) is 0 Å². The van der Waals surface area contributed by atoms with Crippen LogP contribution in [0, 0.1) is 0 Å². The van der Waals surface area contributed by atoms with Gasteiger partial charge in [-0.25, -0.2) is 8.42 Å². The first kappa shape index (κ1) is 24.9. The highest BCUT2D eigenvalue weighted by Crippen LogP contribution is 2.34. The van der Waals surface area contributed by atoms with E-state index in [1.54, 1.807) is 24.3 Å². The summed E-state index contributed by atoms with van der Waals surface area (Å²) in [6.45, 7) is 0.241. The minimum atomic E-state index is -4.82. The summed E-state index contributed by atoms with van der Waals surface area (Å²) >= 11 is 0. The van der Waals surface area contributed by atoms with E-state index in [2.05, 4.69) is 4.72 Å². The summed E-state index contributed by atoms with van der Waals surface area (Å²) in [5.41, 5.74) is -0.672. The van der Waals surface area contributed by atoms with Crippen LogP contribution in [0.2, 0.25) is 0 Å².